The van der Waals surface area contributed by atoms with Gasteiger partial charge in [-0.05, 0) is 55.1 Å². The maximum Gasteiger partial charge on any atom is 0.387 e. The first kappa shape index (κ1) is 20.4. The zero-order valence-electron chi connectivity index (χ0n) is 17.6. The molecule has 32 heavy (non-hydrogen) atoms. The largest absolute Gasteiger partial charge is 0.435 e. The molecule has 6 nitrogen and oxygen atoms in total. The summed E-state index contributed by atoms with van der Waals surface area (Å²) in [6.45, 7) is 1.36. The van der Waals surface area contributed by atoms with E-state index in [2.05, 4.69) is 67.1 Å². The van der Waals surface area contributed by atoms with Gasteiger partial charge < -0.3 is 14.5 Å². The van der Waals surface area contributed by atoms with E-state index < -0.39 is 6.61 Å². The lowest BCUT2D eigenvalue weighted by Gasteiger charge is -2.34. The molecule has 1 N–H and O–H groups in total. The smallest absolute Gasteiger partial charge is 0.387 e. The Bertz CT molecular complexity index is 1200. The third-order valence-corrected chi connectivity index (χ3v) is 5.85. The molecule has 3 heterocycles. The molecule has 0 saturated carbocycles. The Morgan fingerprint density at radius 3 is 2.28 bits per heavy atom. The molecular weight excluding hydrogens is 412 g/mol. The van der Waals surface area contributed by atoms with E-state index in [0.717, 1.165) is 53.9 Å². The van der Waals surface area contributed by atoms with Crippen molar-refractivity contribution in [3.63, 3.8) is 0 Å². The summed E-state index contributed by atoms with van der Waals surface area (Å²) in [6, 6.07) is 17.1. The summed E-state index contributed by atoms with van der Waals surface area (Å²) in [6.07, 6.45) is 1.82. The van der Waals surface area contributed by atoms with E-state index in [4.69, 9.17) is 0 Å². The number of nitrogens with zero attached hydrogens (tertiary/aromatic N) is 4. The maximum atomic E-state index is 12.4. The number of ether oxygens (including phenoxy) is 1. The van der Waals surface area contributed by atoms with Crippen molar-refractivity contribution in [2.75, 3.05) is 38.1 Å². The number of hydrogen-bond donors (Lipinski definition) is 1. The van der Waals surface area contributed by atoms with Crippen molar-refractivity contribution in [2.24, 2.45) is 0 Å². The van der Waals surface area contributed by atoms with Crippen LogP contribution in [0.2, 0.25) is 0 Å². The SMILES string of the molecule is CN1CCN(c2ccc(-c3cnc4n[nH]c(-c5ccc(OC(F)F)cc5)c4c3)cc2)CC1. The number of pyridine rings is 1. The topological polar surface area (TPSA) is 57.3 Å². The highest BCUT2D eigenvalue weighted by atomic mass is 19.3. The van der Waals surface area contributed by atoms with Crippen LogP contribution in [-0.4, -0.2) is 59.9 Å². The van der Waals surface area contributed by atoms with Gasteiger partial charge in [-0.15, -0.1) is 0 Å². The number of anilines is 1. The number of nitrogens with one attached hydrogen (secondary N) is 1. The Morgan fingerprint density at radius 1 is 0.906 bits per heavy atom. The molecule has 1 fully saturated rings. The first-order chi connectivity index (χ1) is 15.6. The number of aromatic nitrogens is 3. The minimum atomic E-state index is -2.84. The second-order valence-corrected chi connectivity index (χ2v) is 7.93. The lowest BCUT2D eigenvalue weighted by atomic mass is 10.0. The van der Waals surface area contributed by atoms with Crippen LogP contribution in [0.5, 0.6) is 5.75 Å². The van der Waals surface area contributed by atoms with Crippen LogP contribution in [0.3, 0.4) is 0 Å². The van der Waals surface area contributed by atoms with Gasteiger partial charge in [0.05, 0.1) is 5.69 Å². The summed E-state index contributed by atoms with van der Waals surface area (Å²) in [5.41, 5.74) is 5.50. The predicted octanol–water partition coefficient (Wildman–Crippen LogP) is 4.65. The van der Waals surface area contributed by atoms with E-state index in [1.165, 1.54) is 17.8 Å². The van der Waals surface area contributed by atoms with E-state index in [9.17, 15) is 8.78 Å². The molecule has 5 rings (SSSR count). The molecule has 0 radical (unpaired) electrons. The Kier molecular flexibility index (Phi) is 5.45. The second-order valence-electron chi connectivity index (χ2n) is 7.93. The van der Waals surface area contributed by atoms with Crippen LogP contribution < -0.4 is 9.64 Å². The van der Waals surface area contributed by atoms with Crippen molar-refractivity contribution >= 4 is 16.7 Å². The van der Waals surface area contributed by atoms with Crippen LogP contribution in [0.1, 0.15) is 0 Å². The Labute approximate surface area is 184 Å². The lowest BCUT2D eigenvalue weighted by Crippen LogP contribution is -2.44. The van der Waals surface area contributed by atoms with E-state index >= 15 is 0 Å². The van der Waals surface area contributed by atoms with E-state index in [1.807, 2.05) is 6.20 Å². The third kappa shape index (κ3) is 4.13. The molecule has 0 amide bonds. The summed E-state index contributed by atoms with van der Waals surface area (Å²) >= 11 is 0. The van der Waals surface area contributed by atoms with Crippen LogP contribution in [0, 0.1) is 0 Å². The lowest BCUT2D eigenvalue weighted by molar-refractivity contribution is -0.0498. The molecule has 2 aromatic carbocycles. The van der Waals surface area contributed by atoms with Crippen molar-refractivity contribution in [1.82, 2.24) is 20.1 Å². The molecular formula is C24H23F2N5O. The number of fused-ring (bicyclic) bond motifs is 1. The molecule has 1 aliphatic heterocycles. The number of aromatic amines is 1. The molecule has 0 aliphatic carbocycles. The quantitative estimate of drug-likeness (QED) is 0.495. The second kappa shape index (κ2) is 8.55. The van der Waals surface area contributed by atoms with Crippen LogP contribution in [0.25, 0.3) is 33.4 Å². The zero-order valence-corrected chi connectivity index (χ0v) is 17.6. The summed E-state index contributed by atoms with van der Waals surface area (Å²) < 4.78 is 29.2. The monoisotopic (exact) mass is 435 g/mol. The highest BCUT2D eigenvalue weighted by Crippen LogP contribution is 2.31. The molecule has 8 heteroatoms. The molecule has 1 aliphatic rings. The molecule has 0 unspecified atom stereocenters. The summed E-state index contributed by atoms with van der Waals surface area (Å²) in [5, 5.41) is 8.17. The van der Waals surface area contributed by atoms with Gasteiger partial charge in [-0.25, -0.2) is 4.98 Å². The van der Waals surface area contributed by atoms with Crippen LogP contribution in [-0.2, 0) is 0 Å². The predicted molar refractivity (Wildman–Crippen MR) is 121 cm³/mol. The molecule has 164 valence electrons. The molecule has 4 aromatic rings. The van der Waals surface area contributed by atoms with Gasteiger partial charge in [-0.2, -0.15) is 13.9 Å². The molecule has 0 bridgehead atoms. The number of halogens is 2. The summed E-state index contributed by atoms with van der Waals surface area (Å²) in [4.78, 5) is 9.24. The number of likely N-dealkylation sites (N-methyl/N-ethyl adjacent to an activating group) is 1. The number of piperazine rings is 1. The zero-order chi connectivity index (χ0) is 22.1. The Morgan fingerprint density at radius 2 is 1.59 bits per heavy atom. The standard InChI is InChI=1S/C24H23F2N5O/c1-30-10-12-31(13-11-30)19-6-2-16(3-7-19)18-14-21-22(28-29-23(21)27-15-18)17-4-8-20(9-5-17)32-24(25)26/h2-9,14-15,24H,10-13H2,1H3,(H,27,28,29). The van der Waals surface area contributed by atoms with Crippen molar-refractivity contribution < 1.29 is 13.5 Å². The van der Waals surface area contributed by atoms with Gasteiger partial charge in [0.15, 0.2) is 5.65 Å². The molecule has 0 spiro atoms. The number of alkyl halides is 2. The first-order valence-electron chi connectivity index (χ1n) is 10.5. The van der Waals surface area contributed by atoms with Gasteiger partial charge >= 0.3 is 6.61 Å². The summed E-state index contributed by atoms with van der Waals surface area (Å²) in [7, 11) is 2.15. The average molecular weight is 435 g/mol. The van der Waals surface area contributed by atoms with Gasteiger partial charge in [-0.1, -0.05) is 12.1 Å². The first-order valence-corrected chi connectivity index (χ1v) is 10.5. The number of rotatable bonds is 5. The number of hydrogen-bond acceptors (Lipinski definition) is 5. The Balaban J connectivity index is 1.41. The molecule has 2 aromatic heterocycles. The number of H-pyrrole nitrogens is 1. The third-order valence-electron chi connectivity index (χ3n) is 5.85. The normalized spacial score (nSPS) is 14.9. The van der Waals surface area contributed by atoms with Crippen molar-refractivity contribution in [3.05, 3.63) is 60.8 Å². The highest BCUT2D eigenvalue weighted by Gasteiger charge is 2.15. The minimum absolute atomic E-state index is 0.117. The fourth-order valence-electron chi connectivity index (χ4n) is 4.01. The number of benzene rings is 2. The van der Waals surface area contributed by atoms with E-state index in [1.54, 1.807) is 12.1 Å². The van der Waals surface area contributed by atoms with Crippen LogP contribution in [0.15, 0.2) is 60.8 Å². The van der Waals surface area contributed by atoms with Crippen LogP contribution in [0.4, 0.5) is 14.5 Å². The van der Waals surface area contributed by atoms with Crippen molar-refractivity contribution in [3.8, 4) is 28.1 Å². The van der Waals surface area contributed by atoms with Gasteiger partial charge in [0.25, 0.3) is 0 Å². The molecule has 0 atom stereocenters. The van der Waals surface area contributed by atoms with Crippen molar-refractivity contribution in [2.45, 2.75) is 6.61 Å². The van der Waals surface area contributed by atoms with Gasteiger partial charge in [-0.3, -0.25) is 5.10 Å². The highest BCUT2D eigenvalue weighted by molar-refractivity contribution is 5.93. The fraction of sp³-hybridized carbons (Fsp3) is 0.250. The van der Waals surface area contributed by atoms with Crippen LogP contribution >= 0.6 is 0 Å². The minimum Gasteiger partial charge on any atom is -0.435 e. The Hall–Kier alpha value is -3.52. The van der Waals surface area contributed by atoms with Gasteiger partial charge in [0.1, 0.15) is 5.75 Å². The maximum absolute atomic E-state index is 12.4. The molecule has 1 saturated heterocycles. The van der Waals surface area contributed by atoms with E-state index in [-0.39, 0.29) is 5.75 Å². The average Bonchev–Trinajstić information content (AvgIpc) is 3.23. The van der Waals surface area contributed by atoms with E-state index in [0.29, 0.717) is 5.65 Å². The fourth-order valence-corrected chi connectivity index (χ4v) is 4.01. The van der Waals surface area contributed by atoms with Crippen molar-refractivity contribution in [1.29, 1.82) is 0 Å². The van der Waals surface area contributed by atoms with Gasteiger partial charge in [0.2, 0.25) is 0 Å². The summed E-state index contributed by atoms with van der Waals surface area (Å²) in [5.74, 6) is 0.117. The van der Waals surface area contributed by atoms with Gasteiger partial charge in [0, 0.05) is 54.6 Å².